The maximum atomic E-state index is 12.8. The third kappa shape index (κ3) is 4.00. The summed E-state index contributed by atoms with van der Waals surface area (Å²) in [6, 6.07) is 21.6. The Balaban J connectivity index is 1.49. The normalized spacial score (nSPS) is 17.5. The van der Waals surface area contributed by atoms with Crippen molar-refractivity contribution in [3.63, 3.8) is 0 Å². The van der Waals surface area contributed by atoms with Crippen LogP contribution in [0.4, 0.5) is 0 Å². The van der Waals surface area contributed by atoms with Gasteiger partial charge in [-0.2, -0.15) is 0 Å². The third-order valence-electron chi connectivity index (χ3n) is 5.69. The fourth-order valence-electron chi connectivity index (χ4n) is 4.20. The zero-order chi connectivity index (χ0) is 20.4. The van der Waals surface area contributed by atoms with E-state index in [1.807, 2.05) is 60.4 Å². The third-order valence-corrected chi connectivity index (χ3v) is 5.69. The summed E-state index contributed by atoms with van der Waals surface area (Å²) < 4.78 is 0. The average molecular weight is 387 g/mol. The molecule has 29 heavy (non-hydrogen) atoms. The lowest BCUT2D eigenvalue weighted by molar-refractivity contribution is -0.127. The Kier molecular flexibility index (Phi) is 5.32. The van der Waals surface area contributed by atoms with Gasteiger partial charge in [0.2, 0.25) is 11.8 Å². The number of rotatable bonds is 5. The molecule has 3 aromatic carbocycles. The number of nitrogens with one attached hydrogen (secondary N) is 1. The molecule has 0 fully saturated rings. The van der Waals surface area contributed by atoms with E-state index in [9.17, 15) is 9.59 Å². The zero-order valence-corrected chi connectivity index (χ0v) is 16.5. The number of benzene rings is 3. The Morgan fingerprint density at radius 3 is 2.52 bits per heavy atom. The number of fused-ring (bicyclic) bond motifs is 2. The Labute approximate surface area is 170 Å². The van der Waals surface area contributed by atoms with Gasteiger partial charge in [-0.15, -0.1) is 0 Å². The van der Waals surface area contributed by atoms with Crippen LogP contribution in [-0.4, -0.2) is 29.3 Å². The Bertz CT molecular complexity index is 1060. The van der Waals surface area contributed by atoms with Crippen molar-refractivity contribution in [2.75, 3.05) is 6.54 Å². The van der Waals surface area contributed by atoms with Gasteiger partial charge in [-0.25, -0.2) is 0 Å². The van der Waals surface area contributed by atoms with Crippen molar-refractivity contribution in [1.29, 1.82) is 0 Å². The minimum absolute atomic E-state index is 0.115. The van der Waals surface area contributed by atoms with E-state index in [1.54, 1.807) is 0 Å². The number of nitrogens with zero attached hydrogens (tertiary/aromatic N) is 1. The van der Waals surface area contributed by atoms with E-state index in [1.165, 1.54) is 0 Å². The average Bonchev–Trinajstić information content (AvgIpc) is 2.72. The van der Waals surface area contributed by atoms with E-state index in [0.717, 1.165) is 27.5 Å². The van der Waals surface area contributed by atoms with Gasteiger partial charge in [-0.3, -0.25) is 14.5 Å². The first-order valence-corrected chi connectivity index (χ1v) is 9.90. The molecular weight excluding hydrogens is 362 g/mol. The van der Waals surface area contributed by atoms with Gasteiger partial charge in [0.25, 0.3) is 0 Å². The van der Waals surface area contributed by atoms with Crippen LogP contribution in [0.25, 0.3) is 10.8 Å². The van der Waals surface area contributed by atoms with Crippen molar-refractivity contribution < 1.29 is 9.59 Å². The number of nitrogens with two attached hydrogens (primary N) is 1. The van der Waals surface area contributed by atoms with Gasteiger partial charge in [0, 0.05) is 6.54 Å². The minimum Gasteiger partial charge on any atom is -0.368 e. The molecular formula is C24H25N3O2. The van der Waals surface area contributed by atoms with Gasteiger partial charge in [0.15, 0.2) is 0 Å². The lowest BCUT2D eigenvalue weighted by Gasteiger charge is -2.34. The van der Waals surface area contributed by atoms with Crippen LogP contribution in [0.1, 0.15) is 29.7 Å². The molecule has 0 saturated carbocycles. The molecule has 148 valence electrons. The van der Waals surface area contributed by atoms with Crippen molar-refractivity contribution >= 4 is 22.6 Å². The highest BCUT2D eigenvalue weighted by molar-refractivity contribution is 5.87. The fraction of sp³-hybridized carbons (Fsp3) is 0.250. The SMILES string of the molecule is CC(NC(=O)CN1Cc2ccccc2C[C@H]1C(N)=O)c1cccc2ccccc12. The van der Waals surface area contributed by atoms with Crippen LogP contribution >= 0.6 is 0 Å². The van der Waals surface area contributed by atoms with Crippen molar-refractivity contribution in [2.24, 2.45) is 5.73 Å². The van der Waals surface area contributed by atoms with Crippen LogP contribution < -0.4 is 11.1 Å². The van der Waals surface area contributed by atoms with E-state index in [4.69, 9.17) is 5.73 Å². The molecule has 0 radical (unpaired) electrons. The minimum atomic E-state index is -0.469. The number of carbonyl (C=O) groups excluding carboxylic acids is 2. The second-order valence-corrected chi connectivity index (χ2v) is 7.65. The summed E-state index contributed by atoms with van der Waals surface area (Å²) in [7, 11) is 0. The van der Waals surface area contributed by atoms with Gasteiger partial charge in [-0.05, 0) is 40.8 Å². The van der Waals surface area contributed by atoms with Crippen molar-refractivity contribution in [3.05, 3.63) is 83.4 Å². The molecule has 3 aromatic rings. The monoisotopic (exact) mass is 387 g/mol. The fourth-order valence-corrected chi connectivity index (χ4v) is 4.20. The molecule has 3 N–H and O–H groups in total. The number of amides is 2. The largest absolute Gasteiger partial charge is 0.368 e. The maximum Gasteiger partial charge on any atom is 0.235 e. The molecule has 4 rings (SSSR count). The van der Waals surface area contributed by atoms with Crippen LogP contribution in [0.3, 0.4) is 0 Å². The quantitative estimate of drug-likeness (QED) is 0.707. The van der Waals surface area contributed by atoms with E-state index in [0.29, 0.717) is 13.0 Å². The lowest BCUT2D eigenvalue weighted by Crippen LogP contribution is -2.51. The van der Waals surface area contributed by atoms with Gasteiger partial charge >= 0.3 is 0 Å². The van der Waals surface area contributed by atoms with Crippen LogP contribution in [0.2, 0.25) is 0 Å². The first kappa shape index (κ1) is 19.2. The Morgan fingerprint density at radius 1 is 1.03 bits per heavy atom. The summed E-state index contributed by atoms with van der Waals surface area (Å²) in [5.41, 5.74) is 8.97. The molecule has 0 aromatic heterocycles. The second kappa shape index (κ2) is 8.05. The smallest absolute Gasteiger partial charge is 0.235 e. The van der Waals surface area contributed by atoms with Crippen molar-refractivity contribution in [1.82, 2.24) is 10.2 Å². The van der Waals surface area contributed by atoms with Gasteiger partial charge in [-0.1, -0.05) is 66.7 Å². The molecule has 5 heteroatoms. The summed E-state index contributed by atoms with van der Waals surface area (Å²) in [6.07, 6.45) is 0.539. The highest BCUT2D eigenvalue weighted by Crippen LogP contribution is 2.25. The van der Waals surface area contributed by atoms with Crippen LogP contribution in [-0.2, 0) is 22.6 Å². The summed E-state index contributed by atoms with van der Waals surface area (Å²) in [6.45, 7) is 2.66. The first-order valence-electron chi connectivity index (χ1n) is 9.90. The highest BCUT2D eigenvalue weighted by atomic mass is 16.2. The van der Waals surface area contributed by atoms with E-state index < -0.39 is 11.9 Å². The predicted octanol–water partition coefficient (Wildman–Crippen LogP) is 2.93. The second-order valence-electron chi connectivity index (χ2n) is 7.65. The van der Waals surface area contributed by atoms with E-state index in [-0.39, 0.29) is 18.5 Å². The molecule has 1 aliphatic rings. The maximum absolute atomic E-state index is 12.8. The number of hydrogen-bond acceptors (Lipinski definition) is 3. The summed E-state index contributed by atoms with van der Waals surface area (Å²) in [5, 5.41) is 5.36. The van der Waals surface area contributed by atoms with Crippen molar-refractivity contribution in [2.45, 2.75) is 32.0 Å². The molecule has 5 nitrogen and oxygen atoms in total. The van der Waals surface area contributed by atoms with Gasteiger partial charge in [0.05, 0.1) is 18.6 Å². The standard InChI is InChI=1S/C24H25N3O2/c1-16(20-12-6-10-17-7-4-5-11-21(17)20)26-23(28)15-27-14-19-9-3-2-8-18(19)13-22(27)24(25)29/h2-12,16,22H,13-15H2,1H3,(H2,25,29)(H,26,28)/t16?,22-/m0/s1. The molecule has 0 saturated heterocycles. The Morgan fingerprint density at radius 2 is 1.72 bits per heavy atom. The lowest BCUT2D eigenvalue weighted by atomic mass is 9.93. The molecule has 2 atom stereocenters. The first-order chi connectivity index (χ1) is 14.0. The van der Waals surface area contributed by atoms with Crippen LogP contribution in [0.5, 0.6) is 0 Å². The van der Waals surface area contributed by atoms with E-state index >= 15 is 0 Å². The molecule has 1 aliphatic heterocycles. The molecule has 1 heterocycles. The molecule has 1 unspecified atom stereocenters. The van der Waals surface area contributed by atoms with Gasteiger partial charge in [0.1, 0.15) is 0 Å². The predicted molar refractivity (Wildman–Crippen MR) is 114 cm³/mol. The highest BCUT2D eigenvalue weighted by Gasteiger charge is 2.31. The number of carbonyl (C=O) groups is 2. The molecule has 0 spiro atoms. The summed E-state index contributed by atoms with van der Waals surface area (Å²) in [4.78, 5) is 26.7. The van der Waals surface area contributed by atoms with Crippen molar-refractivity contribution in [3.8, 4) is 0 Å². The number of primary amides is 1. The van der Waals surface area contributed by atoms with Gasteiger partial charge < -0.3 is 11.1 Å². The molecule has 2 amide bonds. The summed E-state index contributed by atoms with van der Waals surface area (Å²) in [5.74, 6) is -0.509. The molecule has 0 aliphatic carbocycles. The molecule has 0 bridgehead atoms. The van der Waals surface area contributed by atoms with Crippen LogP contribution in [0, 0.1) is 0 Å². The number of hydrogen-bond donors (Lipinski definition) is 2. The Hall–Kier alpha value is -3.18. The topological polar surface area (TPSA) is 75.4 Å². The van der Waals surface area contributed by atoms with E-state index in [2.05, 4.69) is 23.5 Å². The summed E-state index contributed by atoms with van der Waals surface area (Å²) >= 11 is 0. The zero-order valence-electron chi connectivity index (χ0n) is 16.5. The van der Waals surface area contributed by atoms with Crippen LogP contribution in [0.15, 0.2) is 66.7 Å².